The Morgan fingerprint density at radius 1 is 1.50 bits per heavy atom. The lowest BCUT2D eigenvalue weighted by molar-refractivity contribution is -0.124. The predicted molar refractivity (Wildman–Crippen MR) is 77.2 cm³/mol. The SMILES string of the molecule is CC1CCCN(C(C)CNC(=O)C(C)n2cncn2)C1. The number of carbonyl (C=O) groups is 1. The maximum Gasteiger partial charge on any atom is 0.244 e. The van der Waals surface area contributed by atoms with Gasteiger partial charge in [0.05, 0.1) is 0 Å². The van der Waals surface area contributed by atoms with Gasteiger partial charge >= 0.3 is 0 Å². The first kappa shape index (κ1) is 15.0. The Morgan fingerprint density at radius 2 is 2.30 bits per heavy atom. The summed E-state index contributed by atoms with van der Waals surface area (Å²) >= 11 is 0. The van der Waals surface area contributed by atoms with Crippen molar-refractivity contribution in [2.24, 2.45) is 5.92 Å². The molecule has 112 valence electrons. The molecule has 0 spiro atoms. The minimum Gasteiger partial charge on any atom is -0.353 e. The normalized spacial score (nSPS) is 23.2. The highest BCUT2D eigenvalue weighted by molar-refractivity contribution is 5.79. The lowest BCUT2D eigenvalue weighted by Crippen LogP contribution is -2.47. The summed E-state index contributed by atoms with van der Waals surface area (Å²) in [5.41, 5.74) is 0. The molecule has 3 atom stereocenters. The zero-order valence-electron chi connectivity index (χ0n) is 12.6. The zero-order chi connectivity index (χ0) is 14.5. The number of rotatable bonds is 5. The van der Waals surface area contributed by atoms with Crippen LogP contribution in [-0.2, 0) is 4.79 Å². The van der Waals surface area contributed by atoms with Gasteiger partial charge in [-0.25, -0.2) is 9.67 Å². The van der Waals surface area contributed by atoms with Crippen molar-refractivity contribution in [2.45, 2.75) is 45.7 Å². The van der Waals surface area contributed by atoms with Gasteiger partial charge in [0.1, 0.15) is 18.7 Å². The van der Waals surface area contributed by atoms with Crippen LogP contribution in [0.25, 0.3) is 0 Å². The van der Waals surface area contributed by atoms with E-state index < -0.39 is 0 Å². The van der Waals surface area contributed by atoms with Crippen LogP contribution >= 0.6 is 0 Å². The van der Waals surface area contributed by atoms with Crippen LogP contribution in [0.2, 0.25) is 0 Å². The van der Waals surface area contributed by atoms with Crippen molar-refractivity contribution in [1.82, 2.24) is 25.0 Å². The van der Waals surface area contributed by atoms with Crippen molar-refractivity contribution in [3.05, 3.63) is 12.7 Å². The number of piperidine rings is 1. The maximum atomic E-state index is 12.1. The number of hydrogen-bond acceptors (Lipinski definition) is 4. The Kier molecular flexibility index (Phi) is 5.11. The van der Waals surface area contributed by atoms with Gasteiger partial charge in [0, 0.05) is 19.1 Å². The topological polar surface area (TPSA) is 63.1 Å². The van der Waals surface area contributed by atoms with Gasteiger partial charge in [-0.1, -0.05) is 6.92 Å². The fourth-order valence-electron chi connectivity index (χ4n) is 2.69. The van der Waals surface area contributed by atoms with Crippen molar-refractivity contribution >= 4 is 5.91 Å². The van der Waals surface area contributed by atoms with E-state index in [-0.39, 0.29) is 11.9 Å². The molecule has 2 rings (SSSR count). The van der Waals surface area contributed by atoms with Crippen molar-refractivity contribution in [2.75, 3.05) is 19.6 Å². The predicted octanol–water partition coefficient (Wildman–Crippen LogP) is 1.08. The van der Waals surface area contributed by atoms with Gasteiger partial charge in [-0.15, -0.1) is 0 Å². The fourth-order valence-corrected chi connectivity index (χ4v) is 2.69. The zero-order valence-corrected chi connectivity index (χ0v) is 12.6. The van der Waals surface area contributed by atoms with Gasteiger partial charge in [0.15, 0.2) is 0 Å². The third-order valence-electron chi connectivity index (χ3n) is 4.10. The number of aromatic nitrogens is 3. The van der Waals surface area contributed by atoms with Gasteiger partial charge in [0.2, 0.25) is 5.91 Å². The molecule has 6 heteroatoms. The molecule has 1 saturated heterocycles. The van der Waals surface area contributed by atoms with Crippen LogP contribution in [0.15, 0.2) is 12.7 Å². The molecule has 1 aromatic rings. The van der Waals surface area contributed by atoms with Crippen LogP contribution < -0.4 is 5.32 Å². The van der Waals surface area contributed by atoms with Crippen LogP contribution in [0.3, 0.4) is 0 Å². The van der Waals surface area contributed by atoms with Gasteiger partial charge in [0.25, 0.3) is 0 Å². The number of carbonyl (C=O) groups excluding carboxylic acids is 1. The minimum atomic E-state index is -0.315. The third kappa shape index (κ3) is 3.79. The molecule has 6 nitrogen and oxygen atoms in total. The van der Waals surface area contributed by atoms with E-state index in [0.717, 1.165) is 19.0 Å². The summed E-state index contributed by atoms with van der Waals surface area (Å²) in [7, 11) is 0. The molecule has 1 N–H and O–H groups in total. The van der Waals surface area contributed by atoms with E-state index in [4.69, 9.17) is 0 Å². The molecule has 1 aliphatic heterocycles. The summed E-state index contributed by atoms with van der Waals surface area (Å²) in [5.74, 6) is 0.753. The first-order valence-corrected chi connectivity index (χ1v) is 7.43. The van der Waals surface area contributed by atoms with Crippen LogP contribution in [0, 0.1) is 5.92 Å². The third-order valence-corrected chi connectivity index (χ3v) is 4.10. The quantitative estimate of drug-likeness (QED) is 0.876. The van der Waals surface area contributed by atoms with Crippen molar-refractivity contribution in [3.8, 4) is 0 Å². The summed E-state index contributed by atoms with van der Waals surface area (Å²) in [5, 5.41) is 7.01. The second-order valence-electron chi connectivity index (χ2n) is 5.89. The molecule has 20 heavy (non-hydrogen) atoms. The molecular weight excluding hydrogens is 254 g/mol. The lowest BCUT2D eigenvalue weighted by Gasteiger charge is -2.35. The van der Waals surface area contributed by atoms with Crippen molar-refractivity contribution in [1.29, 1.82) is 0 Å². The highest BCUT2D eigenvalue weighted by Crippen LogP contribution is 2.17. The molecule has 3 unspecified atom stereocenters. The summed E-state index contributed by atoms with van der Waals surface area (Å²) in [6.07, 6.45) is 5.59. The average Bonchev–Trinajstić information content (AvgIpc) is 2.97. The molecule has 1 amide bonds. The molecule has 0 aliphatic carbocycles. The van der Waals surface area contributed by atoms with Crippen molar-refractivity contribution in [3.63, 3.8) is 0 Å². The smallest absolute Gasteiger partial charge is 0.244 e. The van der Waals surface area contributed by atoms with Gasteiger partial charge in [-0.2, -0.15) is 5.10 Å². The standard InChI is InChI=1S/C14H25N5O/c1-11-5-4-6-18(8-11)12(2)7-16-14(20)13(3)19-10-15-9-17-19/h9-13H,4-8H2,1-3H3,(H,16,20). The van der Waals surface area contributed by atoms with E-state index in [1.54, 1.807) is 11.0 Å². The van der Waals surface area contributed by atoms with Gasteiger partial charge in [-0.05, 0) is 39.2 Å². The second kappa shape index (κ2) is 6.83. The van der Waals surface area contributed by atoms with Crippen molar-refractivity contribution < 1.29 is 4.79 Å². The Hall–Kier alpha value is -1.43. The minimum absolute atomic E-state index is 0.00703. The van der Waals surface area contributed by atoms with E-state index in [1.165, 1.54) is 19.2 Å². The molecule has 1 fully saturated rings. The molecule has 0 aromatic carbocycles. The highest BCUT2D eigenvalue weighted by Gasteiger charge is 2.22. The first-order chi connectivity index (χ1) is 9.58. The first-order valence-electron chi connectivity index (χ1n) is 7.43. The average molecular weight is 279 g/mol. The van der Waals surface area contributed by atoms with Crippen LogP contribution in [-0.4, -0.2) is 51.2 Å². The number of nitrogens with one attached hydrogen (secondary N) is 1. The largest absolute Gasteiger partial charge is 0.353 e. The monoisotopic (exact) mass is 279 g/mol. The van der Waals surface area contributed by atoms with Crippen LogP contribution in [0.4, 0.5) is 0 Å². The Labute approximate surface area is 120 Å². The summed E-state index contributed by atoms with van der Waals surface area (Å²) in [4.78, 5) is 18.4. The lowest BCUT2D eigenvalue weighted by atomic mass is 9.99. The number of nitrogens with zero attached hydrogens (tertiary/aromatic N) is 4. The molecule has 0 radical (unpaired) electrons. The van der Waals surface area contributed by atoms with E-state index >= 15 is 0 Å². The molecule has 1 aliphatic rings. The Bertz CT molecular complexity index is 419. The molecule has 0 saturated carbocycles. The number of likely N-dealkylation sites (tertiary alicyclic amines) is 1. The summed E-state index contributed by atoms with van der Waals surface area (Å²) < 4.78 is 1.57. The van der Waals surface area contributed by atoms with Crippen LogP contribution in [0.5, 0.6) is 0 Å². The van der Waals surface area contributed by atoms with E-state index in [1.807, 2.05) is 6.92 Å². The second-order valence-corrected chi connectivity index (χ2v) is 5.89. The van der Waals surface area contributed by atoms with E-state index in [9.17, 15) is 4.79 Å². The summed E-state index contributed by atoms with van der Waals surface area (Å²) in [6, 6.07) is 0.0645. The summed E-state index contributed by atoms with van der Waals surface area (Å²) in [6.45, 7) is 9.26. The van der Waals surface area contributed by atoms with Gasteiger partial charge < -0.3 is 5.32 Å². The fraction of sp³-hybridized carbons (Fsp3) is 0.786. The maximum absolute atomic E-state index is 12.1. The van der Waals surface area contributed by atoms with E-state index in [2.05, 4.69) is 34.1 Å². The number of hydrogen-bond donors (Lipinski definition) is 1. The molecule has 2 heterocycles. The van der Waals surface area contributed by atoms with E-state index in [0.29, 0.717) is 12.6 Å². The van der Waals surface area contributed by atoms with Crippen LogP contribution in [0.1, 0.15) is 39.7 Å². The Balaban J connectivity index is 1.78. The Morgan fingerprint density at radius 3 is 2.95 bits per heavy atom. The molecule has 1 aromatic heterocycles. The molecular formula is C14H25N5O. The highest BCUT2D eigenvalue weighted by atomic mass is 16.2. The number of amides is 1. The van der Waals surface area contributed by atoms with Gasteiger partial charge in [-0.3, -0.25) is 9.69 Å². The molecule has 0 bridgehead atoms.